The first-order chi connectivity index (χ1) is 6.68. The van der Waals surface area contributed by atoms with Crippen molar-refractivity contribution < 1.29 is 13.5 Å². The lowest BCUT2D eigenvalue weighted by Crippen LogP contribution is -2.37. The van der Waals surface area contributed by atoms with Crippen molar-refractivity contribution in [2.45, 2.75) is 12.5 Å². The quantitative estimate of drug-likeness (QED) is 0.708. The van der Waals surface area contributed by atoms with Crippen LogP contribution in [0.25, 0.3) is 0 Å². The highest BCUT2D eigenvalue weighted by Gasteiger charge is 2.61. The molecule has 0 spiro atoms. The van der Waals surface area contributed by atoms with Crippen LogP contribution in [0.5, 0.6) is 0 Å². The van der Waals surface area contributed by atoms with E-state index in [4.69, 9.17) is 4.74 Å². The zero-order chi connectivity index (χ0) is 10.2. The molecule has 1 saturated heterocycles. The summed E-state index contributed by atoms with van der Waals surface area (Å²) in [7, 11) is 0. The van der Waals surface area contributed by atoms with Crippen molar-refractivity contribution in [2.24, 2.45) is 5.41 Å². The van der Waals surface area contributed by atoms with Crippen molar-refractivity contribution in [1.29, 1.82) is 0 Å². The van der Waals surface area contributed by atoms with Gasteiger partial charge in [-0.25, -0.2) is 0 Å². The van der Waals surface area contributed by atoms with Gasteiger partial charge in [0.15, 0.2) is 0 Å². The summed E-state index contributed by atoms with van der Waals surface area (Å²) in [6.45, 7) is 0.639. The van der Waals surface area contributed by atoms with Crippen LogP contribution in [-0.2, 0) is 10.3 Å². The molecule has 1 aliphatic rings. The minimum Gasteiger partial charge on any atom is -0.363 e. The smallest absolute Gasteiger partial charge is 0.136 e. The third-order valence-corrected chi connectivity index (χ3v) is 3.93. The van der Waals surface area contributed by atoms with Crippen LogP contribution in [0.4, 0.5) is 8.78 Å². The van der Waals surface area contributed by atoms with Crippen molar-refractivity contribution in [2.75, 3.05) is 20.0 Å². The first-order valence-electron chi connectivity index (χ1n) is 4.48. The Balaban J connectivity index is 2.33. The van der Waals surface area contributed by atoms with Gasteiger partial charge in [0.1, 0.15) is 19.0 Å². The second-order valence-electron chi connectivity index (χ2n) is 3.92. The maximum Gasteiger partial charge on any atom is 0.136 e. The van der Waals surface area contributed by atoms with Gasteiger partial charge in [-0.1, -0.05) is 13.0 Å². The number of epoxide rings is 1. The molecule has 1 atom stereocenters. The molecule has 1 aliphatic heterocycles. The molecule has 0 N–H and O–H groups in total. The molecular formula is C10H12F2OS. The van der Waals surface area contributed by atoms with Crippen molar-refractivity contribution in [3.63, 3.8) is 0 Å². The molecule has 0 saturated carbocycles. The minimum absolute atomic E-state index is 0.428. The fraction of sp³-hybridized carbons (Fsp3) is 0.600. The number of hydrogen-bond acceptors (Lipinski definition) is 2. The molecule has 2 rings (SSSR count). The molecule has 1 nitrogen and oxygen atoms in total. The number of ether oxygens (including phenoxy) is 1. The summed E-state index contributed by atoms with van der Waals surface area (Å²) in [4.78, 5) is 0.926. The van der Waals surface area contributed by atoms with Crippen LogP contribution in [-0.4, -0.2) is 20.0 Å². The number of thiophene rings is 1. The summed E-state index contributed by atoms with van der Waals surface area (Å²) < 4.78 is 31.0. The van der Waals surface area contributed by atoms with Crippen LogP contribution >= 0.6 is 11.3 Å². The third kappa shape index (κ3) is 1.21. The summed E-state index contributed by atoms with van der Waals surface area (Å²) in [5.74, 6) is 0. The summed E-state index contributed by atoms with van der Waals surface area (Å²) in [5, 5.41) is 1.90. The molecule has 78 valence electrons. The molecule has 0 aromatic carbocycles. The van der Waals surface area contributed by atoms with E-state index in [9.17, 15) is 8.78 Å². The van der Waals surface area contributed by atoms with Crippen molar-refractivity contribution in [3.8, 4) is 0 Å². The lowest BCUT2D eigenvalue weighted by atomic mass is 9.78. The topological polar surface area (TPSA) is 12.5 Å². The van der Waals surface area contributed by atoms with E-state index in [1.54, 1.807) is 6.92 Å². The van der Waals surface area contributed by atoms with Crippen molar-refractivity contribution in [3.05, 3.63) is 22.4 Å². The van der Waals surface area contributed by atoms with Gasteiger partial charge >= 0.3 is 0 Å². The Bertz CT molecular complexity index is 302. The zero-order valence-electron chi connectivity index (χ0n) is 7.93. The Morgan fingerprint density at radius 3 is 2.57 bits per heavy atom. The molecular weight excluding hydrogens is 206 g/mol. The van der Waals surface area contributed by atoms with Crippen LogP contribution < -0.4 is 0 Å². The molecule has 14 heavy (non-hydrogen) atoms. The zero-order valence-corrected chi connectivity index (χ0v) is 8.74. The maximum absolute atomic E-state index is 12.9. The molecule has 0 bridgehead atoms. The largest absolute Gasteiger partial charge is 0.363 e. The van der Waals surface area contributed by atoms with Gasteiger partial charge in [0.05, 0.1) is 12.0 Å². The molecule has 0 radical (unpaired) electrons. The molecule has 0 amide bonds. The average molecular weight is 218 g/mol. The first kappa shape index (κ1) is 10.1. The van der Waals surface area contributed by atoms with Gasteiger partial charge in [-0.3, -0.25) is 8.78 Å². The first-order valence-corrected chi connectivity index (χ1v) is 5.36. The Hall–Kier alpha value is -0.480. The lowest BCUT2D eigenvalue weighted by molar-refractivity contribution is 0.0597. The second-order valence-corrected chi connectivity index (χ2v) is 4.87. The minimum atomic E-state index is -1.03. The monoisotopic (exact) mass is 218 g/mol. The number of rotatable bonds is 4. The average Bonchev–Trinajstić information content (AvgIpc) is 2.86. The highest BCUT2D eigenvalue weighted by molar-refractivity contribution is 7.10. The van der Waals surface area contributed by atoms with Gasteiger partial charge in [0, 0.05) is 4.88 Å². The van der Waals surface area contributed by atoms with E-state index in [0.29, 0.717) is 6.61 Å². The summed E-state index contributed by atoms with van der Waals surface area (Å²) in [6, 6.07) is 3.75. The van der Waals surface area contributed by atoms with Gasteiger partial charge in [-0.15, -0.1) is 11.3 Å². The van der Waals surface area contributed by atoms with E-state index in [1.165, 1.54) is 11.3 Å². The summed E-state index contributed by atoms with van der Waals surface area (Å²) in [6.07, 6.45) is 0. The third-order valence-electron chi connectivity index (χ3n) is 2.92. The Kier molecular flexibility index (Phi) is 2.35. The van der Waals surface area contributed by atoms with Crippen molar-refractivity contribution in [1.82, 2.24) is 0 Å². The Morgan fingerprint density at radius 1 is 1.57 bits per heavy atom. The van der Waals surface area contributed by atoms with Gasteiger partial charge < -0.3 is 4.74 Å². The van der Waals surface area contributed by atoms with Gasteiger partial charge in [0.25, 0.3) is 0 Å². The van der Waals surface area contributed by atoms with E-state index >= 15 is 0 Å². The highest BCUT2D eigenvalue weighted by atomic mass is 32.1. The summed E-state index contributed by atoms with van der Waals surface area (Å²) >= 11 is 1.49. The van der Waals surface area contributed by atoms with Crippen molar-refractivity contribution >= 4 is 11.3 Å². The van der Waals surface area contributed by atoms with E-state index in [-0.39, 0.29) is 0 Å². The molecule has 1 aromatic heterocycles. The molecule has 4 heteroatoms. The fourth-order valence-electron chi connectivity index (χ4n) is 1.62. The Morgan fingerprint density at radius 2 is 2.21 bits per heavy atom. The fourth-order valence-corrected chi connectivity index (χ4v) is 2.64. The van der Waals surface area contributed by atoms with E-state index in [2.05, 4.69) is 0 Å². The summed E-state index contributed by atoms with van der Waals surface area (Å²) in [5.41, 5.74) is -1.73. The number of alkyl halides is 2. The van der Waals surface area contributed by atoms with Crippen LogP contribution in [0.3, 0.4) is 0 Å². The number of hydrogen-bond donors (Lipinski definition) is 0. The predicted molar refractivity (Wildman–Crippen MR) is 52.0 cm³/mol. The lowest BCUT2D eigenvalue weighted by Gasteiger charge is -2.29. The normalized spacial score (nSPS) is 26.5. The molecule has 1 fully saturated rings. The predicted octanol–water partition coefficient (Wildman–Crippen LogP) is 2.92. The van der Waals surface area contributed by atoms with Gasteiger partial charge in [0.2, 0.25) is 0 Å². The van der Waals surface area contributed by atoms with E-state index in [0.717, 1.165) is 4.88 Å². The second kappa shape index (κ2) is 3.28. The van der Waals surface area contributed by atoms with Crippen LogP contribution in [0.15, 0.2) is 17.5 Å². The molecule has 0 aliphatic carbocycles. The van der Waals surface area contributed by atoms with Gasteiger partial charge in [-0.05, 0) is 11.4 Å². The molecule has 2 heterocycles. The standard InChI is InChI=1S/C10H12F2OS/c1-9(5-11,6-12)10(7-13-10)8-3-2-4-14-8/h2-4H,5-7H2,1H3. The van der Waals surface area contributed by atoms with Crippen LogP contribution in [0, 0.1) is 5.41 Å². The highest BCUT2D eigenvalue weighted by Crippen LogP contribution is 2.54. The van der Waals surface area contributed by atoms with Gasteiger partial charge in [-0.2, -0.15) is 0 Å². The molecule has 1 aromatic rings. The van der Waals surface area contributed by atoms with Crippen LogP contribution in [0.2, 0.25) is 0 Å². The number of halogens is 2. The van der Waals surface area contributed by atoms with E-state index < -0.39 is 24.4 Å². The van der Waals surface area contributed by atoms with Crippen LogP contribution in [0.1, 0.15) is 11.8 Å². The molecule has 1 unspecified atom stereocenters. The maximum atomic E-state index is 12.9. The Labute approximate surface area is 85.7 Å². The SMILES string of the molecule is CC(CF)(CF)C1(c2cccs2)CO1. The van der Waals surface area contributed by atoms with E-state index in [1.807, 2.05) is 17.5 Å².